The van der Waals surface area contributed by atoms with E-state index >= 15 is 0 Å². The van der Waals surface area contributed by atoms with Crippen LogP contribution in [0.2, 0.25) is 0 Å². The third kappa shape index (κ3) is 4.76. The molecule has 2 nitrogen and oxygen atoms in total. The highest BCUT2D eigenvalue weighted by Gasteiger charge is 2.23. The molecule has 0 spiro atoms. The van der Waals surface area contributed by atoms with E-state index in [1.165, 1.54) is 24.2 Å². The van der Waals surface area contributed by atoms with E-state index in [2.05, 4.69) is 13.2 Å². The number of rotatable bonds is 8. The lowest BCUT2D eigenvalue weighted by Crippen LogP contribution is -1.98. The van der Waals surface area contributed by atoms with Crippen LogP contribution < -0.4 is 0 Å². The summed E-state index contributed by atoms with van der Waals surface area (Å²) in [7, 11) is 0. The van der Waals surface area contributed by atoms with Crippen LogP contribution in [0.1, 0.15) is 25.7 Å². The minimum absolute atomic E-state index is 0.307. The van der Waals surface area contributed by atoms with E-state index in [1.54, 1.807) is 11.8 Å². The molecule has 0 amide bonds. The lowest BCUT2D eigenvalue weighted by Gasteiger charge is -2.08. The molecule has 2 rings (SSSR count). The Balaban J connectivity index is 1.52. The van der Waals surface area contributed by atoms with Gasteiger partial charge in [0.05, 0.1) is 6.61 Å². The predicted octanol–water partition coefficient (Wildman–Crippen LogP) is 3.31. The van der Waals surface area contributed by atoms with E-state index in [1.807, 2.05) is 0 Å². The number of hydrogen-bond acceptors (Lipinski definition) is 3. The molecular weight excluding hydrogens is 208 g/mol. The molecule has 2 aliphatic rings. The van der Waals surface area contributed by atoms with Crippen LogP contribution in [0, 0.1) is 5.92 Å². The van der Waals surface area contributed by atoms with Crippen molar-refractivity contribution in [3.63, 3.8) is 0 Å². The van der Waals surface area contributed by atoms with E-state index < -0.39 is 0 Å². The Morgan fingerprint density at radius 3 is 2.73 bits per heavy atom. The first kappa shape index (κ1) is 11.1. The van der Waals surface area contributed by atoms with Crippen LogP contribution in [0.3, 0.4) is 0 Å². The molecule has 15 heavy (non-hydrogen) atoms. The molecule has 84 valence electrons. The Labute approximate surface area is 95.7 Å². The minimum atomic E-state index is 0.307. The minimum Gasteiger partial charge on any atom is -0.485 e. The van der Waals surface area contributed by atoms with Crippen molar-refractivity contribution in [1.29, 1.82) is 0 Å². The van der Waals surface area contributed by atoms with Crippen LogP contribution in [0.5, 0.6) is 0 Å². The molecule has 0 aromatic heterocycles. The van der Waals surface area contributed by atoms with Crippen molar-refractivity contribution >= 4 is 11.8 Å². The fourth-order valence-corrected chi connectivity index (χ4v) is 2.03. The fraction of sp³-hybridized carbons (Fsp3) is 0.667. The third-order valence-corrected chi connectivity index (χ3v) is 3.46. The Kier molecular flexibility index (Phi) is 3.76. The fourth-order valence-electron chi connectivity index (χ4n) is 1.36. The number of hydrogen-bond donors (Lipinski definition) is 0. The van der Waals surface area contributed by atoms with Gasteiger partial charge in [0.25, 0.3) is 0 Å². The predicted molar refractivity (Wildman–Crippen MR) is 63.5 cm³/mol. The third-order valence-electron chi connectivity index (χ3n) is 2.62. The second kappa shape index (κ2) is 5.08. The Bertz CT molecular complexity index is 228. The number of ether oxygens (including phenoxy) is 2. The van der Waals surface area contributed by atoms with Gasteiger partial charge in [-0.25, -0.2) is 0 Å². The number of epoxide rings is 1. The summed E-state index contributed by atoms with van der Waals surface area (Å²) in [4.78, 5) is 1.17. The van der Waals surface area contributed by atoms with Gasteiger partial charge < -0.3 is 9.47 Å². The first-order chi connectivity index (χ1) is 7.24. The van der Waals surface area contributed by atoms with Crippen LogP contribution in [0.15, 0.2) is 23.2 Å². The summed E-state index contributed by atoms with van der Waals surface area (Å²) in [6.45, 7) is 9.36. The van der Waals surface area contributed by atoms with Crippen LogP contribution in [0.4, 0.5) is 0 Å². The standard InChI is InChI=1S/C12H18O2S/c1-9(3-4-11-5-6-11)15-10(2)13-7-12-8-14-12/h11-12H,1-8H2. The second-order valence-corrected chi connectivity index (χ2v) is 5.50. The number of allylic oxidation sites excluding steroid dienone is 1. The van der Waals surface area contributed by atoms with Gasteiger partial charge >= 0.3 is 0 Å². The zero-order valence-corrected chi connectivity index (χ0v) is 9.85. The van der Waals surface area contributed by atoms with Gasteiger partial charge in [-0.05, 0) is 30.2 Å². The van der Waals surface area contributed by atoms with Crippen molar-refractivity contribution in [2.75, 3.05) is 13.2 Å². The average molecular weight is 226 g/mol. The smallest absolute Gasteiger partial charge is 0.150 e. The van der Waals surface area contributed by atoms with Gasteiger partial charge in [-0.3, -0.25) is 0 Å². The van der Waals surface area contributed by atoms with E-state index in [9.17, 15) is 0 Å². The Morgan fingerprint density at radius 1 is 1.40 bits per heavy atom. The Morgan fingerprint density at radius 2 is 2.13 bits per heavy atom. The molecule has 1 heterocycles. The molecule has 1 aliphatic heterocycles. The van der Waals surface area contributed by atoms with Gasteiger partial charge in [0.1, 0.15) is 12.7 Å². The van der Waals surface area contributed by atoms with Crippen molar-refractivity contribution in [1.82, 2.24) is 0 Å². The topological polar surface area (TPSA) is 21.8 Å². The van der Waals surface area contributed by atoms with Crippen molar-refractivity contribution in [3.8, 4) is 0 Å². The zero-order valence-electron chi connectivity index (χ0n) is 9.04. The first-order valence-corrected chi connectivity index (χ1v) is 6.34. The molecule has 3 heteroatoms. The normalized spacial score (nSPS) is 23.6. The van der Waals surface area contributed by atoms with Crippen LogP contribution in [-0.2, 0) is 9.47 Å². The highest BCUT2D eigenvalue weighted by molar-refractivity contribution is 8.06. The lowest BCUT2D eigenvalue weighted by molar-refractivity contribution is 0.205. The van der Waals surface area contributed by atoms with Crippen LogP contribution in [-0.4, -0.2) is 19.3 Å². The molecule has 0 aromatic rings. The van der Waals surface area contributed by atoms with Gasteiger partial charge in [0, 0.05) is 0 Å². The van der Waals surface area contributed by atoms with E-state index in [0.29, 0.717) is 12.7 Å². The summed E-state index contributed by atoms with van der Waals surface area (Å²) in [5.41, 5.74) is 0. The zero-order chi connectivity index (χ0) is 10.7. The van der Waals surface area contributed by atoms with Gasteiger partial charge in [0.2, 0.25) is 0 Å². The van der Waals surface area contributed by atoms with E-state index in [0.717, 1.165) is 24.0 Å². The highest BCUT2D eigenvalue weighted by Crippen LogP contribution is 2.37. The molecule has 0 aromatic carbocycles. The van der Waals surface area contributed by atoms with Crippen LogP contribution >= 0.6 is 11.8 Å². The first-order valence-electron chi connectivity index (χ1n) is 5.53. The van der Waals surface area contributed by atoms with Crippen LogP contribution in [0.25, 0.3) is 0 Å². The quantitative estimate of drug-likeness (QED) is 0.468. The van der Waals surface area contributed by atoms with Crippen molar-refractivity contribution in [2.45, 2.75) is 31.8 Å². The maximum atomic E-state index is 5.44. The largest absolute Gasteiger partial charge is 0.485 e. The molecule has 1 saturated carbocycles. The summed E-state index contributed by atoms with van der Waals surface area (Å²) in [6, 6.07) is 0. The highest BCUT2D eigenvalue weighted by atomic mass is 32.2. The van der Waals surface area contributed by atoms with Crippen molar-refractivity contribution in [3.05, 3.63) is 23.2 Å². The van der Waals surface area contributed by atoms with E-state index in [4.69, 9.17) is 9.47 Å². The van der Waals surface area contributed by atoms with Gasteiger partial charge in [-0.15, -0.1) is 0 Å². The Hall–Kier alpha value is -0.410. The van der Waals surface area contributed by atoms with Gasteiger partial charge in [-0.2, -0.15) is 0 Å². The van der Waals surface area contributed by atoms with Crippen molar-refractivity contribution < 1.29 is 9.47 Å². The molecule has 0 N–H and O–H groups in total. The summed E-state index contributed by atoms with van der Waals surface area (Å²) < 4.78 is 10.5. The molecule has 1 aliphatic carbocycles. The van der Waals surface area contributed by atoms with Crippen molar-refractivity contribution in [2.24, 2.45) is 5.92 Å². The van der Waals surface area contributed by atoms with E-state index in [-0.39, 0.29) is 0 Å². The second-order valence-electron chi connectivity index (χ2n) is 4.26. The van der Waals surface area contributed by atoms with Gasteiger partial charge in [-0.1, -0.05) is 31.2 Å². The number of thioether (sulfide) groups is 1. The summed E-state index contributed by atoms with van der Waals surface area (Å²) >= 11 is 1.57. The molecule has 1 atom stereocenters. The molecule has 2 fully saturated rings. The summed E-state index contributed by atoms with van der Waals surface area (Å²) in [5, 5.41) is 0.756. The van der Waals surface area contributed by atoms with Gasteiger partial charge in [0.15, 0.2) is 5.09 Å². The maximum absolute atomic E-state index is 5.44. The molecule has 1 saturated heterocycles. The molecule has 0 bridgehead atoms. The monoisotopic (exact) mass is 226 g/mol. The molecule has 1 unspecified atom stereocenters. The summed E-state index contributed by atoms with van der Waals surface area (Å²) in [5.74, 6) is 0.969. The lowest BCUT2D eigenvalue weighted by atomic mass is 10.2. The SMILES string of the molecule is C=C(CCC1CC1)SC(=C)OCC1CO1. The summed E-state index contributed by atoms with van der Waals surface area (Å²) in [6.07, 6.45) is 5.51. The molecule has 0 radical (unpaired) electrons. The maximum Gasteiger partial charge on any atom is 0.150 e. The molecular formula is C12H18O2S. The average Bonchev–Trinajstić information content (AvgIpc) is 3.04.